The van der Waals surface area contributed by atoms with Crippen LogP contribution in [0.5, 0.6) is 11.5 Å². The van der Waals surface area contributed by atoms with Gasteiger partial charge in [0, 0.05) is 0 Å². The van der Waals surface area contributed by atoms with Crippen LogP contribution in [0.15, 0.2) is 22.6 Å². The molecule has 1 aromatic carbocycles. The van der Waals surface area contributed by atoms with Crippen LogP contribution in [0.1, 0.15) is 0 Å². The second-order valence-electron chi connectivity index (χ2n) is 2.98. The van der Waals surface area contributed by atoms with E-state index < -0.39 is 0 Å². The number of nitrogens with one attached hydrogen (secondary N) is 1. The molecule has 1 N–H and O–H groups in total. The Hall–Kier alpha value is -1.82. The molecule has 6 heteroatoms. The predicted molar refractivity (Wildman–Crippen MR) is 60.2 cm³/mol. The number of aromatic nitrogens is 2. The Kier molecular flexibility index (Phi) is 2.91. The van der Waals surface area contributed by atoms with Crippen molar-refractivity contribution in [1.29, 1.82) is 0 Å². The van der Waals surface area contributed by atoms with E-state index in [-0.39, 0.29) is 4.84 Å². The van der Waals surface area contributed by atoms with Crippen molar-refractivity contribution >= 4 is 12.2 Å². The third-order valence-corrected chi connectivity index (χ3v) is 2.25. The van der Waals surface area contributed by atoms with Crippen LogP contribution >= 0.6 is 12.2 Å². The van der Waals surface area contributed by atoms with Crippen LogP contribution in [0.25, 0.3) is 11.5 Å². The summed E-state index contributed by atoms with van der Waals surface area (Å²) >= 11 is 4.82. The maximum absolute atomic E-state index is 5.22. The minimum Gasteiger partial charge on any atom is -0.497 e. The van der Waals surface area contributed by atoms with Gasteiger partial charge in [-0.1, -0.05) is 0 Å². The zero-order chi connectivity index (χ0) is 11.5. The van der Waals surface area contributed by atoms with Gasteiger partial charge in [-0.15, -0.1) is 5.10 Å². The molecule has 0 fully saturated rings. The Morgan fingerprint density at radius 3 is 2.69 bits per heavy atom. The van der Waals surface area contributed by atoms with Crippen molar-refractivity contribution < 1.29 is 13.9 Å². The summed E-state index contributed by atoms with van der Waals surface area (Å²) in [6.45, 7) is 0. The summed E-state index contributed by atoms with van der Waals surface area (Å²) in [5, 5.41) is 6.50. The van der Waals surface area contributed by atoms with Gasteiger partial charge in [-0.2, -0.15) is 0 Å². The molecule has 1 heterocycles. The van der Waals surface area contributed by atoms with Crippen LogP contribution in [0.3, 0.4) is 0 Å². The van der Waals surface area contributed by atoms with Crippen molar-refractivity contribution in [1.82, 2.24) is 10.2 Å². The summed E-state index contributed by atoms with van der Waals surface area (Å²) in [6.07, 6.45) is 0. The molecule has 0 radical (unpaired) electrons. The molecule has 0 aliphatic rings. The van der Waals surface area contributed by atoms with Crippen molar-refractivity contribution in [2.24, 2.45) is 0 Å². The zero-order valence-corrected chi connectivity index (χ0v) is 9.63. The number of ether oxygens (including phenoxy) is 2. The Morgan fingerprint density at radius 1 is 1.31 bits per heavy atom. The summed E-state index contributed by atoms with van der Waals surface area (Å²) in [6, 6.07) is 5.35. The molecule has 0 atom stereocenters. The van der Waals surface area contributed by atoms with Crippen molar-refractivity contribution in [3.63, 3.8) is 0 Å². The summed E-state index contributed by atoms with van der Waals surface area (Å²) in [7, 11) is 3.17. The standard InChI is InChI=1S/C10H10N2O3S/c1-13-6-3-4-8(14-2)7(5-6)9-11-12-10(16)15-9/h3-5H,1-2H3,(H,12,16). The number of H-pyrrole nitrogens is 1. The van der Waals surface area contributed by atoms with Crippen LogP contribution in [-0.4, -0.2) is 24.4 Å². The summed E-state index contributed by atoms with van der Waals surface area (Å²) < 4.78 is 15.6. The van der Waals surface area contributed by atoms with E-state index in [0.717, 1.165) is 0 Å². The molecular weight excluding hydrogens is 228 g/mol. The normalized spacial score (nSPS) is 10.1. The van der Waals surface area contributed by atoms with E-state index >= 15 is 0 Å². The number of methoxy groups -OCH3 is 2. The highest BCUT2D eigenvalue weighted by Gasteiger charge is 2.12. The quantitative estimate of drug-likeness (QED) is 0.832. The highest BCUT2D eigenvalue weighted by atomic mass is 32.1. The first-order valence-corrected chi connectivity index (χ1v) is 4.93. The highest BCUT2D eigenvalue weighted by molar-refractivity contribution is 7.71. The second-order valence-corrected chi connectivity index (χ2v) is 3.36. The lowest BCUT2D eigenvalue weighted by Crippen LogP contribution is -1.90. The van der Waals surface area contributed by atoms with Crippen molar-refractivity contribution in [3.05, 3.63) is 23.0 Å². The van der Waals surface area contributed by atoms with Gasteiger partial charge in [-0.05, 0) is 30.4 Å². The van der Waals surface area contributed by atoms with Crippen LogP contribution < -0.4 is 9.47 Å². The first kappa shape index (κ1) is 10.7. The van der Waals surface area contributed by atoms with E-state index in [9.17, 15) is 0 Å². The molecule has 84 valence electrons. The fourth-order valence-corrected chi connectivity index (χ4v) is 1.45. The molecule has 1 aromatic heterocycles. The number of nitrogens with zero attached hydrogens (tertiary/aromatic N) is 1. The van der Waals surface area contributed by atoms with Gasteiger partial charge >= 0.3 is 0 Å². The van der Waals surface area contributed by atoms with Gasteiger partial charge in [0.05, 0.1) is 19.8 Å². The van der Waals surface area contributed by atoms with Crippen LogP contribution in [0.2, 0.25) is 0 Å². The molecule has 0 bridgehead atoms. The van der Waals surface area contributed by atoms with Crippen molar-refractivity contribution in [2.45, 2.75) is 0 Å². The molecule has 5 nitrogen and oxygen atoms in total. The molecule has 0 unspecified atom stereocenters. The number of hydrogen-bond donors (Lipinski definition) is 1. The lowest BCUT2D eigenvalue weighted by molar-refractivity contribution is 0.402. The van der Waals surface area contributed by atoms with E-state index in [1.165, 1.54) is 0 Å². The zero-order valence-electron chi connectivity index (χ0n) is 8.81. The van der Waals surface area contributed by atoms with Crippen molar-refractivity contribution in [3.8, 4) is 23.0 Å². The summed E-state index contributed by atoms with van der Waals surface area (Å²) in [5.41, 5.74) is 0.689. The fourth-order valence-electron chi connectivity index (χ4n) is 1.33. The SMILES string of the molecule is COc1ccc(OC)c(-c2n[nH]c(=S)o2)c1. The first-order valence-electron chi connectivity index (χ1n) is 4.52. The molecule has 2 aromatic rings. The number of rotatable bonds is 3. The fraction of sp³-hybridized carbons (Fsp3) is 0.200. The lowest BCUT2D eigenvalue weighted by atomic mass is 10.2. The van der Waals surface area contributed by atoms with Gasteiger partial charge in [0.1, 0.15) is 11.5 Å². The van der Waals surface area contributed by atoms with E-state index in [2.05, 4.69) is 10.2 Å². The first-order chi connectivity index (χ1) is 7.74. The smallest absolute Gasteiger partial charge is 0.284 e. The Morgan fingerprint density at radius 2 is 2.12 bits per heavy atom. The van der Waals surface area contributed by atoms with E-state index in [1.807, 2.05) is 0 Å². The molecule has 0 saturated heterocycles. The van der Waals surface area contributed by atoms with Crippen LogP contribution in [-0.2, 0) is 0 Å². The maximum Gasteiger partial charge on any atom is 0.284 e. The monoisotopic (exact) mass is 238 g/mol. The molecule has 0 aliphatic carbocycles. The molecule has 0 aliphatic heterocycles. The average Bonchev–Trinajstić information content (AvgIpc) is 2.75. The number of hydrogen-bond acceptors (Lipinski definition) is 5. The second kappa shape index (κ2) is 4.36. The Bertz CT molecular complexity index is 547. The highest BCUT2D eigenvalue weighted by Crippen LogP contribution is 2.31. The minimum absolute atomic E-state index is 0.222. The Balaban J connectivity index is 2.56. The summed E-state index contributed by atoms with van der Waals surface area (Å²) in [5.74, 6) is 1.71. The average molecular weight is 238 g/mol. The third kappa shape index (κ3) is 1.92. The van der Waals surface area contributed by atoms with E-state index in [0.29, 0.717) is 23.0 Å². The molecular formula is C10H10N2O3S. The van der Waals surface area contributed by atoms with Gasteiger partial charge in [0.2, 0.25) is 5.89 Å². The van der Waals surface area contributed by atoms with Gasteiger partial charge in [-0.3, -0.25) is 0 Å². The maximum atomic E-state index is 5.22. The molecule has 16 heavy (non-hydrogen) atoms. The van der Waals surface area contributed by atoms with Gasteiger partial charge < -0.3 is 13.9 Å². The van der Waals surface area contributed by atoms with Crippen LogP contribution in [0, 0.1) is 4.84 Å². The lowest BCUT2D eigenvalue weighted by Gasteiger charge is -2.06. The molecule has 2 rings (SSSR count). The third-order valence-electron chi connectivity index (χ3n) is 2.08. The number of aromatic amines is 1. The number of benzene rings is 1. The topological polar surface area (TPSA) is 60.3 Å². The van der Waals surface area contributed by atoms with E-state index in [1.54, 1.807) is 32.4 Å². The Labute approximate surface area is 97.0 Å². The molecule has 0 saturated carbocycles. The van der Waals surface area contributed by atoms with Gasteiger partial charge in [0.25, 0.3) is 4.84 Å². The van der Waals surface area contributed by atoms with Gasteiger partial charge in [0.15, 0.2) is 0 Å². The minimum atomic E-state index is 0.222. The predicted octanol–water partition coefficient (Wildman–Crippen LogP) is 2.42. The molecule has 0 amide bonds. The largest absolute Gasteiger partial charge is 0.497 e. The summed E-state index contributed by atoms with van der Waals surface area (Å²) in [4.78, 5) is 0.222. The van der Waals surface area contributed by atoms with Crippen LogP contribution in [0.4, 0.5) is 0 Å². The van der Waals surface area contributed by atoms with Crippen molar-refractivity contribution in [2.75, 3.05) is 14.2 Å². The molecule has 0 spiro atoms. The van der Waals surface area contributed by atoms with E-state index in [4.69, 9.17) is 26.1 Å². The van der Waals surface area contributed by atoms with Gasteiger partial charge in [-0.25, -0.2) is 5.10 Å².